The number of phenolic OH excluding ortho intramolecular Hbond substituents is 1. The molecule has 0 fully saturated rings. The van der Waals surface area contributed by atoms with Gasteiger partial charge in [0, 0.05) is 18.5 Å². The molecule has 0 radical (unpaired) electrons. The highest BCUT2D eigenvalue weighted by Gasteiger charge is 2.17. The number of nitrogens with one attached hydrogen (secondary N) is 1. The van der Waals surface area contributed by atoms with Gasteiger partial charge < -0.3 is 10.2 Å². The van der Waals surface area contributed by atoms with Crippen LogP contribution in [0.1, 0.15) is 41.6 Å². The van der Waals surface area contributed by atoms with Crippen LogP contribution < -0.4 is 5.56 Å². The van der Waals surface area contributed by atoms with Gasteiger partial charge in [-0.1, -0.05) is 24.3 Å². The van der Waals surface area contributed by atoms with Crippen LogP contribution in [-0.4, -0.2) is 26.0 Å². The number of fused-ring (bicyclic) bond motifs is 1. The Labute approximate surface area is 188 Å². The first-order chi connectivity index (χ1) is 15.8. The van der Waals surface area contributed by atoms with Gasteiger partial charge in [-0.25, -0.2) is 4.39 Å². The van der Waals surface area contributed by atoms with E-state index in [1.807, 2.05) is 6.08 Å². The second kappa shape index (κ2) is 9.23. The average Bonchev–Trinajstić information content (AvgIpc) is 3.05. The first kappa shape index (κ1) is 22.2. The summed E-state index contributed by atoms with van der Waals surface area (Å²) in [5.41, 5.74) is 3.76. The maximum atomic E-state index is 13.5. The number of aliphatic carboxylic acids is 1. The summed E-state index contributed by atoms with van der Waals surface area (Å²) in [6.07, 6.45) is 3.49. The number of carboxylic acid groups (broad SMARTS) is 1. The van der Waals surface area contributed by atoms with E-state index in [1.165, 1.54) is 16.8 Å². The number of H-pyrrole nitrogens is 1. The molecule has 1 aliphatic carbocycles. The monoisotopic (exact) mass is 450 g/mol. The van der Waals surface area contributed by atoms with Gasteiger partial charge in [-0.05, 0) is 61.1 Å². The molecule has 0 saturated heterocycles. The molecule has 8 nitrogen and oxygen atoms in total. The third-order valence-electron chi connectivity index (χ3n) is 5.59. The molecule has 4 rings (SSSR count). The van der Waals surface area contributed by atoms with Crippen LogP contribution in [0.2, 0.25) is 0 Å². The number of rotatable bonds is 7. The van der Waals surface area contributed by atoms with Crippen molar-refractivity contribution in [2.75, 3.05) is 0 Å². The number of nitrogens with zero attached hydrogens (tertiary/aromatic N) is 3. The molecule has 0 unspecified atom stereocenters. The maximum absolute atomic E-state index is 13.5. The van der Waals surface area contributed by atoms with Crippen LogP contribution in [0.15, 0.2) is 51.4 Å². The lowest BCUT2D eigenvalue weighted by molar-refractivity contribution is -0.137. The topological polar surface area (TPSA) is 120 Å². The minimum absolute atomic E-state index is 0.0444. The summed E-state index contributed by atoms with van der Waals surface area (Å²) in [7, 11) is 0. The zero-order chi connectivity index (χ0) is 23.5. The third kappa shape index (κ3) is 4.77. The molecule has 2 aromatic carbocycles. The van der Waals surface area contributed by atoms with Crippen molar-refractivity contribution in [2.24, 2.45) is 10.2 Å². The smallest absolute Gasteiger partial charge is 0.303 e. The predicted molar refractivity (Wildman–Crippen MR) is 122 cm³/mol. The van der Waals surface area contributed by atoms with Crippen molar-refractivity contribution < 1.29 is 19.4 Å². The largest absolute Gasteiger partial charge is 0.505 e. The number of azo groups is 1. The number of carbonyl (C=O) groups is 1. The summed E-state index contributed by atoms with van der Waals surface area (Å²) < 4.78 is 14.8. The summed E-state index contributed by atoms with van der Waals surface area (Å²) >= 11 is 0. The molecule has 0 atom stereocenters. The zero-order valence-electron chi connectivity index (χ0n) is 18.0. The highest BCUT2D eigenvalue weighted by atomic mass is 19.1. The van der Waals surface area contributed by atoms with E-state index in [2.05, 4.69) is 15.3 Å². The average molecular weight is 450 g/mol. The van der Waals surface area contributed by atoms with Crippen molar-refractivity contribution in [2.45, 2.75) is 39.2 Å². The standard InChI is InChI=1S/C24H23FN4O4/c1-14-22(24(33)29(28-14)11-3-6-21(30)31)27-26-20-5-2-4-19(23(20)32)17-8-7-16-13-18(25)10-9-15(16)12-17/h2,4-5,9-10,12-13,28,32H,3,6-8,11H2,1H3,(H,30,31). The normalized spacial score (nSPS) is 13.2. The summed E-state index contributed by atoms with van der Waals surface area (Å²) in [6, 6.07) is 9.80. The van der Waals surface area contributed by atoms with Gasteiger partial charge in [0.1, 0.15) is 11.5 Å². The Kier molecular flexibility index (Phi) is 6.21. The summed E-state index contributed by atoms with van der Waals surface area (Å²) in [5, 5.41) is 30.6. The quantitative estimate of drug-likeness (QED) is 0.434. The number of hydrogen-bond acceptors (Lipinski definition) is 5. The molecule has 3 N–H and O–H groups in total. The molecule has 170 valence electrons. The van der Waals surface area contributed by atoms with E-state index in [9.17, 15) is 19.1 Å². The molecule has 0 amide bonds. The van der Waals surface area contributed by atoms with Crippen molar-refractivity contribution in [1.29, 1.82) is 0 Å². The van der Waals surface area contributed by atoms with Gasteiger partial charge >= 0.3 is 5.97 Å². The summed E-state index contributed by atoms with van der Waals surface area (Å²) in [4.78, 5) is 23.2. The third-order valence-corrected chi connectivity index (χ3v) is 5.59. The lowest BCUT2D eigenvalue weighted by Crippen LogP contribution is -2.17. The van der Waals surface area contributed by atoms with Crippen LogP contribution in [0, 0.1) is 12.7 Å². The van der Waals surface area contributed by atoms with Crippen LogP contribution in [-0.2, 0) is 17.8 Å². The molecule has 33 heavy (non-hydrogen) atoms. The van der Waals surface area contributed by atoms with Gasteiger partial charge in [-0.15, -0.1) is 10.2 Å². The minimum Gasteiger partial charge on any atom is -0.505 e. The SMILES string of the molecule is Cc1[nH]n(CCCC(=O)O)c(=O)c1N=Nc1cccc(C2=Cc3ccc(F)cc3CC2)c1O. The molecular weight excluding hydrogens is 427 g/mol. The van der Waals surface area contributed by atoms with Crippen molar-refractivity contribution >= 4 is 29.0 Å². The lowest BCUT2D eigenvalue weighted by atomic mass is 9.88. The Balaban J connectivity index is 1.59. The Morgan fingerprint density at radius 2 is 2.03 bits per heavy atom. The van der Waals surface area contributed by atoms with Crippen LogP contribution >= 0.6 is 0 Å². The molecule has 1 aromatic heterocycles. The fourth-order valence-electron chi connectivity index (χ4n) is 3.91. The fourth-order valence-corrected chi connectivity index (χ4v) is 3.91. The summed E-state index contributed by atoms with van der Waals surface area (Å²) in [5.74, 6) is -1.24. The van der Waals surface area contributed by atoms with E-state index in [-0.39, 0.29) is 35.9 Å². The van der Waals surface area contributed by atoms with E-state index >= 15 is 0 Å². The molecule has 1 heterocycles. The van der Waals surface area contributed by atoms with E-state index in [1.54, 1.807) is 31.2 Å². The number of hydrogen-bond donors (Lipinski definition) is 3. The van der Waals surface area contributed by atoms with Gasteiger partial charge in [0.05, 0.1) is 5.69 Å². The molecule has 3 aromatic rings. The molecular formula is C24H23FN4O4. The molecule has 0 spiro atoms. The number of para-hydroxylation sites is 1. The van der Waals surface area contributed by atoms with Gasteiger partial charge in [0.25, 0.3) is 5.56 Å². The van der Waals surface area contributed by atoms with Crippen LogP contribution in [0.25, 0.3) is 11.6 Å². The van der Waals surface area contributed by atoms with Gasteiger partial charge in [-0.2, -0.15) is 0 Å². The fraction of sp³-hybridized carbons (Fsp3) is 0.250. The van der Waals surface area contributed by atoms with Crippen molar-refractivity contribution in [1.82, 2.24) is 9.78 Å². The second-order valence-electron chi connectivity index (χ2n) is 7.93. The Hall–Kier alpha value is -4.01. The Morgan fingerprint density at radius 3 is 2.82 bits per heavy atom. The number of aromatic nitrogens is 2. The highest BCUT2D eigenvalue weighted by Crippen LogP contribution is 2.39. The molecule has 0 saturated carbocycles. The van der Waals surface area contributed by atoms with Crippen LogP contribution in [0.3, 0.4) is 0 Å². The number of carboxylic acids is 1. The predicted octanol–water partition coefficient (Wildman–Crippen LogP) is 5.10. The zero-order valence-corrected chi connectivity index (χ0v) is 18.0. The van der Waals surface area contributed by atoms with E-state index in [4.69, 9.17) is 5.11 Å². The Bertz CT molecular complexity index is 1340. The van der Waals surface area contributed by atoms with Gasteiger partial charge in [0.2, 0.25) is 0 Å². The Morgan fingerprint density at radius 1 is 1.21 bits per heavy atom. The van der Waals surface area contributed by atoms with E-state index in [0.717, 1.165) is 16.7 Å². The first-order valence-corrected chi connectivity index (χ1v) is 10.6. The number of phenols is 1. The van der Waals surface area contributed by atoms with Gasteiger partial charge in [0.15, 0.2) is 11.4 Å². The van der Waals surface area contributed by atoms with Gasteiger partial charge in [-0.3, -0.25) is 19.4 Å². The number of allylic oxidation sites excluding steroid dienone is 1. The highest BCUT2D eigenvalue weighted by molar-refractivity contribution is 5.88. The number of benzene rings is 2. The maximum Gasteiger partial charge on any atom is 0.303 e. The minimum atomic E-state index is -0.926. The molecule has 0 bridgehead atoms. The lowest BCUT2D eigenvalue weighted by Gasteiger charge is -2.18. The van der Waals surface area contributed by atoms with Crippen molar-refractivity contribution in [3.8, 4) is 5.75 Å². The molecule has 1 aliphatic rings. The first-order valence-electron chi connectivity index (χ1n) is 10.6. The number of aromatic hydroxyl groups is 1. The van der Waals surface area contributed by atoms with Crippen molar-refractivity contribution in [3.05, 3.63) is 75.0 Å². The molecule has 0 aliphatic heterocycles. The van der Waals surface area contributed by atoms with E-state index < -0.39 is 11.5 Å². The number of aromatic amines is 1. The number of halogens is 1. The number of aryl methyl sites for hydroxylation is 3. The second-order valence-corrected chi connectivity index (χ2v) is 7.93. The molecule has 9 heteroatoms. The van der Waals surface area contributed by atoms with E-state index in [0.29, 0.717) is 30.5 Å². The summed E-state index contributed by atoms with van der Waals surface area (Å²) in [6.45, 7) is 1.90. The van der Waals surface area contributed by atoms with Crippen LogP contribution in [0.5, 0.6) is 5.75 Å². The van der Waals surface area contributed by atoms with Crippen molar-refractivity contribution in [3.63, 3.8) is 0 Å². The van der Waals surface area contributed by atoms with Crippen LogP contribution in [0.4, 0.5) is 15.8 Å².